The van der Waals surface area contributed by atoms with Gasteiger partial charge in [-0.15, -0.1) is 11.8 Å². The summed E-state index contributed by atoms with van der Waals surface area (Å²) in [5.74, 6) is 0.916. The van der Waals surface area contributed by atoms with E-state index >= 15 is 0 Å². The van der Waals surface area contributed by atoms with Crippen LogP contribution in [0.3, 0.4) is 0 Å². The molecule has 3 aromatic rings. The van der Waals surface area contributed by atoms with Gasteiger partial charge in [0.25, 0.3) is 0 Å². The minimum absolute atomic E-state index is 0.754. The van der Waals surface area contributed by atoms with Crippen molar-refractivity contribution >= 4 is 34.1 Å². The molecule has 0 unspecified atom stereocenters. The van der Waals surface area contributed by atoms with E-state index in [9.17, 15) is 0 Å². The van der Waals surface area contributed by atoms with Crippen molar-refractivity contribution in [1.82, 2.24) is 4.98 Å². The second-order valence-corrected chi connectivity index (χ2v) is 5.98. The number of nitrogens with zero attached hydrogens (tertiary/aromatic N) is 1. The Morgan fingerprint density at radius 1 is 0.950 bits per heavy atom. The lowest BCUT2D eigenvalue weighted by molar-refractivity contribution is 1.10. The second kappa shape index (κ2) is 5.86. The van der Waals surface area contributed by atoms with Gasteiger partial charge in [0.2, 0.25) is 0 Å². The van der Waals surface area contributed by atoms with Crippen molar-refractivity contribution in [2.45, 2.75) is 17.7 Å². The highest BCUT2D eigenvalue weighted by Gasteiger charge is 2.09. The molecule has 0 radical (unpaired) electrons. The zero-order chi connectivity index (χ0) is 13.9. The number of thioether (sulfide) groups is 1. The van der Waals surface area contributed by atoms with E-state index in [1.54, 1.807) is 11.8 Å². The van der Waals surface area contributed by atoms with Crippen molar-refractivity contribution in [2.24, 2.45) is 0 Å². The molecule has 1 aromatic heterocycles. The van der Waals surface area contributed by atoms with Gasteiger partial charge in [-0.2, -0.15) is 0 Å². The van der Waals surface area contributed by atoms with Gasteiger partial charge in [0.1, 0.15) is 5.03 Å². The highest BCUT2D eigenvalue weighted by molar-refractivity contribution is 7.98. The first-order valence-corrected chi connectivity index (χ1v) is 7.83. The molecule has 0 bridgehead atoms. The molecule has 20 heavy (non-hydrogen) atoms. The molecule has 3 heteroatoms. The lowest BCUT2D eigenvalue weighted by atomic mass is 10.1. The number of benzene rings is 2. The van der Waals surface area contributed by atoms with E-state index in [1.165, 1.54) is 5.56 Å². The largest absolute Gasteiger partial charge is 0.245 e. The average molecular weight is 300 g/mol. The van der Waals surface area contributed by atoms with Crippen molar-refractivity contribution in [3.8, 4) is 0 Å². The van der Waals surface area contributed by atoms with Crippen LogP contribution in [0.4, 0.5) is 0 Å². The molecule has 0 aliphatic rings. The summed E-state index contributed by atoms with van der Waals surface area (Å²) in [6, 6.07) is 18.6. The minimum atomic E-state index is 0.754. The van der Waals surface area contributed by atoms with Crippen LogP contribution < -0.4 is 0 Å². The molecule has 0 atom stereocenters. The van der Waals surface area contributed by atoms with Gasteiger partial charge in [0, 0.05) is 16.5 Å². The van der Waals surface area contributed by atoms with Gasteiger partial charge in [0.15, 0.2) is 0 Å². The Kier molecular flexibility index (Phi) is 3.95. The van der Waals surface area contributed by atoms with Crippen LogP contribution in [0.25, 0.3) is 10.8 Å². The fourth-order valence-corrected chi connectivity index (χ4v) is 3.39. The summed E-state index contributed by atoms with van der Waals surface area (Å²) in [6.45, 7) is 1.96. The zero-order valence-corrected chi connectivity index (χ0v) is 12.7. The molecule has 2 aromatic carbocycles. The Bertz CT molecular complexity index is 741. The third-order valence-corrected chi connectivity index (χ3v) is 4.74. The van der Waals surface area contributed by atoms with Crippen molar-refractivity contribution in [3.05, 3.63) is 70.9 Å². The topological polar surface area (TPSA) is 12.9 Å². The van der Waals surface area contributed by atoms with Crippen molar-refractivity contribution in [2.75, 3.05) is 0 Å². The lowest BCUT2D eigenvalue weighted by Gasteiger charge is -2.09. The fourth-order valence-electron chi connectivity index (χ4n) is 2.15. The molecule has 0 saturated carbocycles. The van der Waals surface area contributed by atoms with Gasteiger partial charge in [0.05, 0.1) is 10.7 Å². The first-order valence-electron chi connectivity index (χ1n) is 6.47. The molecule has 0 amide bonds. The number of fused-ring (bicyclic) bond motifs is 1. The fraction of sp³-hybridized carbons (Fsp3) is 0.118. The van der Waals surface area contributed by atoms with E-state index in [2.05, 4.69) is 41.4 Å². The van der Waals surface area contributed by atoms with Crippen molar-refractivity contribution in [1.29, 1.82) is 0 Å². The van der Waals surface area contributed by atoms with E-state index in [-0.39, 0.29) is 0 Å². The van der Waals surface area contributed by atoms with Crippen molar-refractivity contribution in [3.63, 3.8) is 0 Å². The molecule has 0 fully saturated rings. The number of hydrogen-bond donors (Lipinski definition) is 0. The number of hydrogen-bond acceptors (Lipinski definition) is 2. The van der Waals surface area contributed by atoms with Crippen LogP contribution in [-0.2, 0) is 5.75 Å². The quantitative estimate of drug-likeness (QED) is 0.593. The van der Waals surface area contributed by atoms with Gasteiger partial charge >= 0.3 is 0 Å². The Morgan fingerprint density at radius 3 is 2.35 bits per heavy atom. The van der Waals surface area contributed by atoms with E-state index in [1.807, 2.05) is 25.1 Å². The number of aromatic nitrogens is 1. The van der Waals surface area contributed by atoms with Gasteiger partial charge < -0.3 is 0 Å². The first-order chi connectivity index (χ1) is 9.75. The van der Waals surface area contributed by atoms with Crippen LogP contribution >= 0.6 is 23.4 Å². The summed E-state index contributed by atoms with van der Waals surface area (Å²) < 4.78 is 0. The van der Waals surface area contributed by atoms with Crippen LogP contribution in [0.15, 0.2) is 59.6 Å². The molecule has 1 heterocycles. The summed E-state index contributed by atoms with van der Waals surface area (Å²) in [5.41, 5.74) is 2.19. The third kappa shape index (κ3) is 2.67. The molecule has 100 valence electrons. The summed E-state index contributed by atoms with van der Waals surface area (Å²) in [4.78, 5) is 4.65. The Balaban J connectivity index is 1.97. The standard InChI is InChI=1S/C17H14ClNS/c1-12-16(18)14-9-5-6-10-15(14)17(19-12)20-11-13-7-3-2-4-8-13/h2-10H,11H2,1H3. The minimum Gasteiger partial charge on any atom is -0.245 e. The predicted octanol–water partition coefficient (Wildman–Crippen LogP) is 5.49. The van der Waals surface area contributed by atoms with Gasteiger partial charge in [-0.25, -0.2) is 4.98 Å². The predicted molar refractivity (Wildman–Crippen MR) is 87.5 cm³/mol. The number of rotatable bonds is 3. The Morgan fingerprint density at radius 2 is 1.60 bits per heavy atom. The molecular weight excluding hydrogens is 286 g/mol. The summed E-state index contributed by atoms with van der Waals surface area (Å²) in [5, 5.41) is 4.01. The monoisotopic (exact) mass is 299 g/mol. The van der Waals surface area contributed by atoms with Crippen LogP contribution in [0.5, 0.6) is 0 Å². The van der Waals surface area contributed by atoms with Crippen LogP contribution in [-0.4, -0.2) is 4.98 Å². The van der Waals surface area contributed by atoms with Gasteiger partial charge in [-0.3, -0.25) is 0 Å². The number of aryl methyl sites for hydroxylation is 1. The average Bonchev–Trinajstić information content (AvgIpc) is 2.50. The second-order valence-electron chi connectivity index (χ2n) is 4.64. The highest BCUT2D eigenvalue weighted by atomic mass is 35.5. The number of pyridine rings is 1. The van der Waals surface area contributed by atoms with Crippen LogP contribution in [0.1, 0.15) is 11.3 Å². The van der Waals surface area contributed by atoms with E-state index in [0.717, 1.165) is 32.3 Å². The summed E-state index contributed by atoms with van der Waals surface area (Å²) in [6.07, 6.45) is 0. The van der Waals surface area contributed by atoms with Gasteiger partial charge in [-0.1, -0.05) is 66.2 Å². The van der Waals surface area contributed by atoms with E-state index in [4.69, 9.17) is 11.6 Å². The SMILES string of the molecule is Cc1nc(SCc2ccccc2)c2ccccc2c1Cl. The maximum absolute atomic E-state index is 6.34. The zero-order valence-electron chi connectivity index (χ0n) is 11.1. The Hall–Kier alpha value is -1.51. The summed E-state index contributed by atoms with van der Waals surface area (Å²) >= 11 is 8.10. The first kappa shape index (κ1) is 13.5. The lowest BCUT2D eigenvalue weighted by Crippen LogP contribution is -1.91. The van der Waals surface area contributed by atoms with E-state index in [0.29, 0.717) is 0 Å². The molecule has 0 saturated heterocycles. The highest BCUT2D eigenvalue weighted by Crippen LogP contribution is 2.33. The molecule has 1 nitrogen and oxygen atoms in total. The molecule has 3 rings (SSSR count). The third-order valence-electron chi connectivity index (χ3n) is 3.20. The molecule has 0 aliphatic carbocycles. The summed E-state index contributed by atoms with van der Waals surface area (Å²) in [7, 11) is 0. The van der Waals surface area contributed by atoms with Crippen LogP contribution in [0, 0.1) is 6.92 Å². The maximum Gasteiger partial charge on any atom is 0.105 e. The smallest absolute Gasteiger partial charge is 0.105 e. The number of halogens is 1. The van der Waals surface area contributed by atoms with Crippen molar-refractivity contribution < 1.29 is 0 Å². The normalized spacial score (nSPS) is 10.9. The maximum atomic E-state index is 6.34. The molecule has 0 spiro atoms. The Labute approximate surface area is 128 Å². The van der Waals surface area contributed by atoms with Crippen LogP contribution in [0.2, 0.25) is 5.02 Å². The van der Waals surface area contributed by atoms with E-state index < -0.39 is 0 Å². The molecular formula is C17H14ClNS. The molecule has 0 N–H and O–H groups in total. The molecule has 0 aliphatic heterocycles. The van der Waals surface area contributed by atoms with Gasteiger partial charge in [-0.05, 0) is 12.5 Å².